The van der Waals surface area contributed by atoms with Gasteiger partial charge in [0.25, 0.3) is 17.7 Å². The van der Waals surface area contributed by atoms with E-state index in [1.807, 2.05) is 32.0 Å². The van der Waals surface area contributed by atoms with E-state index in [9.17, 15) is 14.4 Å². The minimum absolute atomic E-state index is 0.0716. The highest BCUT2D eigenvalue weighted by Crippen LogP contribution is 2.34. The van der Waals surface area contributed by atoms with E-state index in [0.29, 0.717) is 35.8 Å². The number of aromatic nitrogens is 1. The fraction of sp³-hybridized carbons (Fsp3) is 0.280. The Balaban J connectivity index is 1.29. The molecule has 34 heavy (non-hydrogen) atoms. The van der Waals surface area contributed by atoms with Gasteiger partial charge in [-0.3, -0.25) is 14.4 Å². The number of likely N-dealkylation sites (tertiary alicyclic amines) is 1. The highest BCUT2D eigenvalue weighted by molar-refractivity contribution is 7.15. The molecule has 8 nitrogen and oxygen atoms in total. The summed E-state index contributed by atoms with van der Waals surface area (Å²) in [6.07, 6.45) is 0.793. The Morgan fingerprint density at radius 1 is 1.24 bits per heavy atom. The summed E-state index contributed by atoms with van der Waals surface area (Å²) >= 11 is 1.51. The van der Waals surface area contributed by atoms with Gasteiger partial charge < -0.3 is 20.3 Å². The van der Waals surface area contributed by atoms with Crippen molar-refractivity contribution in [1.82, 2.24) is 15.2 Å². The minimum atomic E-state index is -0.327. The average molecular weight is 477 g/mol. The van der Waals surface area contributed by atoms with Crippen molar-refractivity contribution in [2.24, 2.45) is 0 Å². The quantitative estimate of drug-likeness (QED) is 0.588. The van der Waals surface area contributed by atoms with Crippen molar-refractivity contribution in [3.8, 4) is 16.2 Å². The lowest BCUT2D eigenvalue weighted by atomic mass is 10.0. The molecule has 0 saturated carbocycles. The van der Waals surface area contributed by atoms with Crippen molar-refractivity contribution in [2.45, 2.75) is 26.3 Å². The van der Waals surface area contributed by atoms with Crippen LogP contribution in [0, 0.1) is 13.8 Å². The smallest absolute Gasteiger partial charge is 0.274 e. The van der Waals surface area contributed by atoms with Gasteiger partial charge >= 0.3 is 0 Å². The van der Waals surface area contributed by atoms with E-state index in [4.69, 9.17) is 4.74 Å². The van der Waals surface area contributed by atoms with Gasteiger partial charge in [0.1, 0.15) is 11.4 Å². The van der Waals surface area contributed by atoms with E-state index >= 15 is 0 Å². The van der Waals surface area contributed by atoms with E-state index in [-0.39, 0.29) is 30.4 Å². The number of amides is 3. The van der Waals surface area contributed by atoms with Gasteiger partial charge in [-0.05, 0) is 38.0 Å². The minimum Gasteiger partial charge on any atom is -0.482 e. The molecule has 1 atom stereocenters. The van der Waals surface area contributed by atoms with Crippen LogP contribution < -0.4 is 15.4 Å². The number of carbonyl (C=O) groups is 3. The number of benzene rings is 2. The van der Waals surface area contributed by atoms with E-state index in [1.165, 1.54) is 11.3 Å². The average Bonchev–Trinajstić information content (AvgIpc) is 3.19. The number of fused-ring (bicyclic) bond motifs is 1. The van der Waals surface area contributed by atoms with Crippen LogP contribution in [-0.4, -0.2) is 53.3 Å². The van der Waals surface area contributed by atoms with Crippen molar-refractivity contribution in [3.05, 3.63) is 64.3 Å². The second kappa shape index (κ2) is 8.90. The van der Waals surface area contributed by atoms with Gasteiger partial charge in [-0.15, -0.1) is 11.3 Å². The number of thiazole rings is 1. The number of nitrogens with zero attached hydrogens (tertiary/aromatic N) is 2. The van der Waals surface area contributed by atoms with Crippen molar-refractivity contribution < 1.29 is 19.1 Å². The Morgan fingerprint density at radius 3 is 2.82 bits per heavy atom. The first-order valence-electron chi connectivity index (χ1n) is 11.1. The van der Waals surface area contributed by atoms with Crippen molar-refractivity contribution in [1.29, 1.82) is 0 Å². The maximum atomic E-state index is 13.4. The predicted octanol–water partition coefficient (Wildman–Crippen LogP) is 3.40. The SMILES string of the molecule is Cc1cccc(-c2sc(C)nc2C(=O)N2CC[C@@H]2CNC(=O)c2cccc3c2NC(=O)CO3)c1. The maximum Gasteiger partial charge on any atom is 0.274 e. The van der Waals surface area contributed by atoms with E-state index in [0.717, 1.165) is 27.4 Å². The molecule has 2 aliphatic heterocycles. The Labute approximate surface area is 201 Å². The zero-order valence-corrected chi connectivity index (χ0v) is 19.7. The first kappa shape index (κ1) is 22.1. The molecule has 0 radical (unpaired) electrons. The van der Waals surface area contributed by atoms with E-state index in [2.05, 4.69) is 21.7 Å². The summed E-state index contributed by atoms with van der Waals surface area (Å²) in [4.78, 5) is 45.1. The highest BCUT2D eigenvalue weighted by atomic mass is 32.1. The summed E-state index contributed by atoms with van der Waals surface area (Å²) in [5, 5.41) is 6.45. The zero-order valence-electron chi connectivity index (χ0n) is 18.9. The summed E-state index contributed by atoms with van der Waals surface area (Å²) in [6, 6.07) is 13.0. The summed E-state index contributed by atoms with van der Waals surface area (Å²) in [6.45, 7) is 4.78. The molecule has 2 aliphatic rings. The highest BCUT2D eigenvalue weighted by Gasteiger charge is 2.35. The van der Waals surface area contributed by atoms with Gasteiger partial charge in [0.05, 0.1) is 27.2 Å². The molecule has 3 heterocycles. The molecule has 3 aromatic rings. The lowest BCUT2D eigenvalue weighted by Crippen LogP contribution is -2.56. The molecule has 3 amide bonds. The normalized spacial score (nSPS) is 16.7. The Morgan fingerprint density at radius 2 is 2.06 bits per heavy atom. The number of para-hydroxylation sites is 1. The van der Waals surface area contributed by atoms with Crippen LogP contribution in [0.25, 0.3) is 10.4 Å². The lowest BCUT2D eigenvalue weighted by molar-refractivity contribution is -0.118. The zero-order chi connectivity index (χ0) is 23.8. The summed E-state index contributed by atoms with van der Waals surface area (Å²) in [5.41, 5.74) is 3.27. The fourth-order valence-electron chi connectivity index (χ4n) is 4.20. The molecular formula is C25H24N4O4S. The Hall–Kier alpha value is -3.72. The second-order valence-corrected chi connectivity index (χ2v) is 9.65. The maximum absolute atomic E-state index is 13.4. The van der Waals surface area contributed by atoms with Crippen LogP contribution in [0.1, 0.15) is 37.8 Å². The van der Waals surface area contributed by atoms with Crippen LogP contribution in [0.15, 0.2) is 42.5 Å². The molecule has 1 fully saturated rings. The number of carbonyl (C=O) groups excluding carboxylic acids is 3. The molecule has 0 bridgehead atoms. The van der Waals surface area contributed by atoms with Crippen LogP contribution in [0.4, 0.5) is 5.69 Å². The van der Waals surface area contributed by atoms with Gasteiger partial charge in [-0.1, -0.05) is 35.9 Å². The molecule has 174 valence electrons. The first-order chi connectivity index (χ1) is 16.4. The molecule has 0 aliphatic carbocycles. The molecule has 0 spiro atoms. The number of hydrogen-bond acceptors (Lipinski definition) is 6. The molecular weight excluding hydrogens is 452 g/mol. The first-order valence-corrected chi connectivity index (χ1v) is 11.9. The summed E-state index contributed by atoms with van der Waals surface area (Å²) in [5.74, 6) is -0.280. The molecule has 0 unspecified atom stereocenters. The van der Waals surface area contributed by atoms with Crippen LogP contribution in [-0.2, 0) is 4.79 Å². The third kappa shape index (κ3) is 4.14. The molecule has 9 heteroatoms. The number of aryl methyl sites for hydroxylation is 2. The molecule has 2 N–H and O–H groups in total. The van der Waals surface area contributed by atoms with Crippen molar-refractivity contribution >= 4 is 34.7 Å². The number of rotatable bonds is 5. The van der Waals surface area contributed by atoms with E-state index in [1.54, 1.807) is 23.1 Å². The van der Waals surface area contributed by atoms with Crippen molar-refractivity contribution in [3.63, 3.8) is 0 Å². The van der Waals surface area contributed by atoms with Gasteiger partial charge in [0.2, 0.25) is 0 Å². The third-order valence-corrected chi connectivity index (χ3v) is 7.03. The molecule has 2 aromatic carbocycles. The number of ether oxygens (including phenoxy) is 1. The largest absolute Gasteiger partial charge is 0.482 e. The Kier molecular flexibility index (Phi) is 5.79. The van der Waals surface area contributed by atoms with Crippen LogP contribution >= 0.6 is 11.3 Å². The van der Waals surface area contributed by atoms with Crippen LogP contribution in [0.3, 0.4) is 0 Å². The monoisotopic (exact) mass is 476 g/mol. The lowest BCUT2D eigenvalue weighted by Gasteiger charge is -2.40. The van der Waals surface area contributed by atoms with Gasteiger partial charge in [-0.2, -0.15) is 0 Å². The molecule has 1 saturated heterocycles. The third-order valence-electron chi connectivity index (χ3n) is 6.01. The van der Waals surface area contributed by atoms with Crippen molar-refractivity contribution in [2.75, 3.05) is 25.0 Å². The topological polar surface area (TPSA) is 101 Å². The second-order valence-electron chi connectivity index (χ2n) is 8.45. The van der Waals surface area contributed by atoms with Crippen LogP contribution in [0.5, 0.6) is 5.75 Å². The number of anilines is 1. The fourth-order valence-corrected chi connectivity index (χ4v) is 5.11. The van der Waals surface area contributed by atoms with Gasteiger partial charge in [0.15, 0.2) is 6.61 Å². The van der Waals surface area contributed by atoms with Gasteiger partial charge in [0, 0.05) is 13.1 Å². The Bertz CT molecular complexity index is 1300. The predicted molar refractivity (Wildman–Crippen MR) is 129 cm³/mol. The number of hydrogen-bond donors (Lipinski definition) is 2. The van der Waals surface area contributed by atoms with Crippen LogP contribution in [0.2, 0.25) is 0 Å². The standard InChI is InChI=1S/C25H24N4O4S/c1-14-5-3-6-16(11-14)23-22(27-15(2)34-23)25(32)29-10-9-17(29)12-26-24(31)18-7-4-8-19-21(18)28-20(30)13-33-19/h3-8,11,17H,9-10,12-13H2,1-2H3,(H,26,31)(H,28,30)/t17-/m1/s1. The van der Waals surface area contributed by atoms with Gasteiger partial charge in [-0.25, -0.2) is 4.98 Å². The summed E-state index contributed by atoms with van der Waals surface area (Å²) in [7, 11) is 0. The molecule has 5 rings (SSSR count). The summed E-state index contributed by atoms with van der Waals surface area (Å²) < 4.78 is 5.39. The number of nitrogens with one attached hydrogen (secondary N) is 2. The molecule has 1 aromatic heterocycles. The van der Waals surface area contributed by atoms with E-state index < -0.39 is 0 Å².